The Morgan fingerprint density at radius 1 is 1.27 bits per heavy atom. The van der Waals surface area contributed by atoms with Crippen LogP contribution in [0.5, 0.6) is 0 Å². The molecule has 3 rings (SSSR count). The summed E-state index contributed by atoms with van der Waals surface area (Å²) < 4.78 is 5.49. The number of rotatable bonds is 1. The minimum atomic E-state index is -0.937. The van der Waals surface area contributed by atoms with Crippen LogP contribution in [0.1, 0.15) is 55.1 Å². The molecule has 1 amide bonds. The molecule has 1 aromatic rings. The van der Waals surface area contributed by atoms with E-state index in [-0.39, 0.29) is 17.2 Å². The molecule has 5 nitrogen and oxygen atoms in total. The summed E-state index contributed by atoms with van der Waals surface area (Å²) in [6, 6.07) is 5.23. The maximum absolute atomic E-state index is 12.4. The van der Waals surface area contributed by atoms with Crippen LogP contribution in [0.15, 0.2) is 18.2 Å². The number of carbonyl (C=O) groups excluding carboxylic acids is 1. The Morgan fingerprint density at radius 3 is 2.55 bits per heavy atom. The summed E-state index contributed by atoms with van der Waals surface area (Å²) in [5.74, 6) is -0.937. The quantitative estimate of drug-likeness (QED) is 0.865. The summed E-state index contributed by atoms with van der Waals surface area (Å²) in [6.07, 6.45) is 2.26. The summed E-state index contributed by atoms with van der Waals surface area (Å²) in [6.45, 7) is 6.21. The van der Waals surface area contributed by atoms with Gasteiger partial charge in [-0.3, -0.25) is 4.90 Å². The first-order valence-corrected chi connectivity index (χ1v) is 7.60. The Bertz CT molecular complexity index is 647. The van der Waals surface area contributed by atoms with Crippen LogP contribution >= 0.6 is 0 Å². The fourth-order valence-corrected chi connectivity index (χ4v) is 3.45. The molecule has 1 spiro atoms. The number of ether oxygens (including phenoxy) is 1. The van der Waals surface area contributed by atoms with Crippen molar-refractivity contribution in [2.45, 2.75) is 51.2 Å². The highest BCUT2D eigenvalue weighted by atomic mass is 16.6. The Hall–Kier alpha value is -2.04. The zero-order valence-electron chi connectivity index (χ0n) is 13.2. The van der Waals surface area contributed by atoms with Gasteiger partial charge < -0.3 is 9.84 Å². The monoisotopic (exact) mass is 303 g/mol. The number of hydrogen-bond donors (Lipinski definition) is 1. The van der Waals surface area contributed by atoms with Crippen LogP contribution in [0.2, 0.25) is 0 Å². The van der Waals surface area contributed by atoms with E-state index in [1.807, 2.05) is 26.8 Å². The van der Waals surface area contributed by atoms with E-state index >= 15 is 0 Å². The van der Waals surface area contributed by atoms with E-state index in [1.165, 1.54) is 0 Å². The zero-order valence-corrected chi connectivity index (χ0v) is 13.2. The average Bonchev–Trinajstić information content (AvgIpc) is 2.75. The van der Waals surface area contributed by atoms with Gasteiger partial charge in [0.1, 0.15) is 5.60 Å². The molecule has 0 saturated carbocycles. The van der Waals surface area contributed by atoms with Crippen molar-refractivity contribution in [1.82, 2.24) is 4.90 Å². The molecule has 1 saturated heterocycles. The number of nitrogens with zero attached hydrogens (tertiary/aromatic N) is 1. The number of fused-ring (bicyclic) bond motifs is 2. The second kappa shape index (κ2) is 4.73. The molecule has 1 N–H and O–H groups in total. The number of amides is 1. The maximum Gasteiger partial charge on any atom is 0.411 e. The van der Waals surface area contributed by atoms with E-state index in [0.717, 1.165) is 30.4 Å². The van der Waals surface area contributed by atoms with Crippen molar-refractivity contribution < 1.29 is 19.4 Å². The number of hydrogen-bond acceptors (Lipinski definition) is 3. The van der Waals surface area contributed by atoms with Gasteiger partial charge in [0.15, 0.2) is 0 Å². The van der Waals surface area contributed by atoms with E-state index in [2.05, 4.69) is 0 Å². The van der Waals surface area contributed by atoms with Gasteiger partial charge in [0.05, 0.1) is 11.1 Å². The number of carboxylic acids is 1. The number of carboxylic acid groups (broad SMARTS) is 1. The molecule has 22 heavy (non-hydrogen) atoms. The molecular formula is C17H21NO4. The molecule has 118 valence electrons. The lowest BCUT2D eigenvalue weighted by atomic mass is 9.79. The van der Waals surface area contributed by atoms with Crippen molar-refractivity contribution >= 4 is 12.1 Å². The molecule has 0 aromatic heterocycles. The predicted molar refractivity (Wildman–Crippen MR) is 81.0 cm³/mol. The van der Waals surface area contributed by atoms with Crippen LogP contribution in [0.3, 0.4) is 0 Å². The first-order chi connectivity index (χ1) is 10.2. The van der Waals surface area contributed by atoms with Crippen LogP contribution in [0.4, 0.5) is 4.79 Å². The molecule has 0 radical (unpaired) electrons. The van der Waals surface area contributed by atoms with E-state index in [9.17, 15) is 14.7 Å². The highest BCUT2D eigenvalue weighted by Gasteiger charge is 2.53. The molecule has 1 aliphatic carbocycles. The van der Waals surface area contributed by atoms with E-state index in [0.29, 0.717) is 6.54 Å². The van der Waals surface area contributed by atoms with Crippen molar-refractivity contribution in [3.63, 3.8) is 0 Å². The van der Waals surface area contributed by atoms with Gasteiger partial charge in [-0.25, -0.2) is 9.59 Å². The number of carbonyl (C=O) groups is 2. The highest BCUT2D eigenvalue weighted by Crippen LogP contribution is 2.50. The minimum Gasteiger partial charge on any atom is -0.478 e. The van der Waals surface area contributed by atoms with E-state index in [1.54, 1.807) is 17.0 Å². The molecule has 1 fully saturated rings. The van der Waals surface area contributed by atoms with Gasteiger partial charge >= 0.3 is 12.1 Å². The largest absolute Gasteiger partial charge is 0.478 e. The summed E-state index contributed by atoms with van der Waals surface area (Å²) >= 11 is 0. The second-order valence-electron chi connectivity index (χ2n) is 7.09. The van der Waals surface area contributed by atoms with Gasteiger partial charge in [0.2, 0.25) is 0 Å². The predicted octanol–water partition coefficient (Wildman–Crippen LogP) is 3.17. The van der Waals surface area contributed by atoms with Gasteiger partial charge in [-0.2, -0.15) is 0 Å². The topological polar surface area (TPSA) is 66.8 Å². The van der Waals surface area contributed by atoms with Crippen molar-refractivity contribution in [1.29, 1.82) is 0 Å². The van der Waals surface area contributed by atoms with Crippen molar-refractivity contribution in [2.24, 2.45) is 0 Å². The van der Waals surface area contributed by atoms with Crippen molar-refractivity contribution in [3.8, 4) is 0 Å². The number of likely N-dealkylation sites (tertiary alicyclic amines) is 1. The Kier molecular flexibility index (Phi) is 3.20. The SMILES string of the molecule is CC(C)(C)OC(=O)N1CC[C@@]12CCc1ccc(C(=O)O)cc12. The third kappa shape index (κ3) is 2.25. The molecule has 1 aliphatic heterocycles. The van der Waals surface area contributed by atoms with Gasteiger partial charge in [0.25, 0.3) is 0 Å². The summed E-state index contributed by atoms with van der Waals surface area (Å²) in [4.78, 5) is 25.4. The summed E-state index contributed by atoms with van der Waals surface area (Å²) in [5.41, 5.74) is 1.49. The average molecular weight is 303 g/mol. The van der Waals surface area contributed by atoms with Crippen LogP contribution in [0, 0.1) is 0 Å². The normalized spacial score (nSPS) is 23.1. The molecule has 0 unspecified atom stereocenters. The first kappa shape index (κ1) is 14.9. The minimum absolute atomic E-state index is 0.274. The summed E-state index contributed by atoms with van der Waals surface area (Å²) in [7, 11) is 0. The molecule has 0 bridgehead atoms. The van der Waals surface area contributed by atoms with Gasteiger partial charge in [-0.1, -0.05) is 6.07 Å². The van der Waals surface area contributed by atoms with Gasteiger partial charge in [0, 0.05) is 6.54 Å². The van der Waals surface area contributed by atoms with Crippen molar-refractivity contribution in [2.75, 3.05) is 6.54 Å². The Labute approximate surface area is 129 Å². The lowest BCUT2D eigenvalue weighted by Crippen LogP contribution is -2.59. The molecule has 5 heteroatoms. The Morgan fingerprint density at radius 2 is 2.00 bits per heavy atom. The van der Waals surface area contributed by atoms with Crippen LogP contribution in [0.25, 0.3) is 0 Å². The zero-order chi connectivity index (χ0) is 16.1. The second-order valence-corrected chi connectivity index (χ2v) is 7.09. The standard InChI is InChI=1S/C17H21NO4/c1-16(2,3)22-15(21)18-9-8-17(18)7-6-11-4-5-12(14(19)20)10-13(11)17/h4-5,10H,6-9H2,1-3H3,(H,19,20)/t17-/m1/s1. The summed E-state index contributed by atoms with van der Waals surface area (Å²) in [5, 5.41) is 9.20. The smallest absolute Gasteiger partial charge is 0.411 e. The fraction of sp³-hybridized carbons (Fsp3) is 0.529. The van der Waals surface area contributed by atoms with Crippen molar-refractivity contribution in [3.05, 3.63) is 34.9 Å². The first-order valence-electron chi connectivity index (χ1n) is 7.60. The Balaban J connectivity index is 1.92. The molecular weight excluding hydrogens is 282 g/mol. The molecule has 1 atom stereocenters. The van der Waals surface area contributed by atoms with Crippen LogP contribution in [-0.2, 0) is 16.7 Å². The maximum atomic E-state index is 12.4. The number of aryl methyl sites for hydroxylation is 1. The van der Waals surface area contributed by atoms with Crippen LogP contribution in [-0.4, -0.2) is 34.2 Å². The van der Waals surface area contributed by atoms with E-state index < -0.39 is 11.6 Å². The molecule has 1 heterocycles. The van der Waals surface area contributed by atoms with E-state index in [4.69, 9.17) is 4.74 Å². The van der Waals surface area contributed by atoms with Gasteiger partial charge in [-0.05, 0) is 63.3 Å². The number of benzene rings is 1. The fourth-order valence-electron chi connectivity index (χ4n) is 3.45. The van der Waals surface area contributed by atoms with Crippen LogP contribution < -0.4 is 0 Å². The van der Waals surface area contributed by atoms with Gasteiger partial charge in [-0.15, -0.1) is 0 Å². The third-order valence-electron chi connectivity index (χ3n) is 4.55. The number of aromatic carboxylic acids is 1. The third-order valence-corrected chi connectivity index (χ3v) is 4.55. The lowest BCUT2D eigenvalue weighted by Gasteiger charge is -2.51. The molecule has 1 aromatic carbocycles. The molecule has 2 aliphatic rings. The lowest BCUT2D eigenvalue weighted by molar-refractivity contribution is -0.0470. The highest BCUT2D eigenvalue weighted by molar-refractivity contribution is 5.88.